The number of carbonyl (C=O) groups is 1. The molecule has 0 spiro atoms. The fraction of sp³-hybridized carbons (Fsp3) is 0.233. The van der Waals surface area contributed by atoms with Gasteiger partial charge in [-0.1, -0.05) is 52.6 Å². The quantitative estimate of drug-likeness (QED) is 0.239. The van der Waals surface area contributed by atoms with Gasteiger partial charge in [-0.25, -0.2) is 4.79 Å². The van der Waals surface area contributed by atoms with E-state index in [1.165, 1.54) is 13.2 Å². The van der Waals surface area contributed by atoms with Crippen LogP contribution in [0, 0.1) is 5.92 Å². The predicted octanol–water partition coefficient (Wildman–Crippen LogP) is 7.44. The van der Waals surface area contributed by atoms with Crippen molar-refractivity contribution >= 4 is 40.9 Å². The second-order valence-electron chi connectivity index (χ2n) is 9.89. The second kappa shape index (κ2) is 10.4. The zero-order chi connectivity index (χ0) is 27.1. The number of carboxylic acids is 1. The Hall–Kier alpha value is -3.81. The minimum atomic E-state index is -0.985. The van der Waals surface area contributed by atoms with E-state index in [1.807, 2.05) is 18.2 Å². The number of hydrogen-bond donors (Lipinski definition) is 1. The minimum absolute atomic E-state index is 0.195. The van der Waals surface area contributed by atoms with Crippen LogP contribution in [0.15, 0.2) is 65.5 Å². The van der Waals surface area contributed by atoms with Crippen molar-refractivity contribution in [2.45, 2.75) is 18.8 Å². The van der Waals surface area contributed by atoms with Crippen LogP contribution in [0.3, 0.4) is 0 Å². The minimum Gasteiger partial charge on any atom is -0.497 e. The van der Waals surface area contributed by atoms with Crippen molar-refractivity contribution in [3.63, 3.8) is 0 Å². The van der Waals surface area contributed by atoms with Crippen molar-refractivity contribution in [1.82, 2.24) is 10.1 Å². The molecule has 2 aromatic heterocycles. The molecule has 6 rings (SSSR count). The van der Waals surface area contributed by atoms with Crippen LogP contribution in [0.2, 0.25) is 10.0 Å². The Balaban J connectivity index is 1.17. The molecular weight excluding hydrogens is 537 g/mol. The van der Waals surface area contributed by atoms with E-state index in [2.05, 4.69) is 39.3 Å². The van der Waals surface area contributed by atoms with Crippen molar-refractivity contribution in [3.8, 4) is 28.1 Å². The highest BCUT2D eigenvalue weighted by Gasteiger charge is 2.33. The Morgan fingerprint density at radius 3 is 2.44 bits per heavy atom. The van der Waals surface area contributed by atoms with Crippen molar-refractivity contribution < 1.29 is 19.2 Å². The Morgan fingerprint density at radius 1 is 1.08 bits per heavy atom. The third-order valence-corrected chi connectivity index (χ3v) is 7.77. The van der Waals surface area contributed by atoms with E-state index in [0.717, 1.165) is 54.1 Å². The molecule has 7 nitrogen and oxygen atoms in total. The first-order valence-corrected chi connectivity index (χ1v) is 13.4. The number of carboxylic acid groups (broad SMARTS) is 1. The summed E-state index contributed by atoms with van der Waals surface area (Å²) in [4.78, 5) is 17.8. The number of aromatic carboxylic acids is 1. The molecule has 0 unspecified atom stereocenters. The number of benzene rings is 2. The number of aromatic nitrogens is 2. The molecule has 0 radical (unpaired) electrons. The molecule has 1 saturated heterocycles. The number of hydrogen-bond acceptors (Lipinski definition) is 6. The zero-order valence-corrected chi connectivity index (χ0v) is 22.6. The van der Waals surface area contributed by atoms with Gasteiger partial charge >= 0.3 is 5.97 Å². The first kappa shape index (κ1) is 25.5. The van der Waals surface area contributed by atoms with Gasteiger partial charge in [-0.05, 0) is 54.3 Å². The van der Waals surface area contributed by atoms with Crippen LogP contribution in [0.5, 0.6) is 5.75 Å². The number of halogens is 2. The van der Waals surface area contributed by atoms with Gasteiger partial charge in [0.2, 0.25) is 0 Å². The molecule has 2 aliphatic rings. The van der Waals surface area contributed by atoms with Gasteiger partial charge in [-0.2, -0.15) is 0 Å². The number of ether oxygens (including phenoxy) is 1. The summed E-state index contributed by atoms with van der Waals surface area (Å²) in [7, 11) is 1.53. The molecule has 3 heterocycles. The van der Waals surface area contributed by atoms with Gasteiger partial charge in [0, 0.05) is 54.1 Å². The molecule has 1 saturated carbocycles. The maximum Gasteiger partial charge on any atom is 0.335 e. The maximum atomic E-state index is 11.5. The van der Waals surface area contributed by atoms with Gasteiger partial charge in [0.15, 0.2) is 0 Å². The first-order valence-electron chi connectivity index (χ1n) is 12.7. The molecule has 1 N–H and O–H groups in total. The molecule has 0 amide bonds. The molecule has 39 heavy (non-hydrogen) atoms. The summed E-state index contributed by atoms with van der Waals surface area (Å²) in [6.45, 7) is 1.77. The Labute approximate surface area is 235 Å². The van der Waals surface area contributed by atoms with Gasteiger partial charge in [-0.15, -0.1) is 0 Å². The number of pyridine rings is 1. The molecule has 4 aromatic rings. The van der Waals surface area contributed by atoms with Crippen LogP contribution in [-0.2, 0) is 0 Å². The lowest BCUT2D eigenvalue weighted by Crippen LogP contribution is -2.45. The maximum absolute atomic E-state index is 11.5. The Morgan fingerprint density at radius 2 is 1.79 bits per heavy atom. The van der Waals surface area contributed by atoms with Crippen molar-refractivity contribution in [2.24, 2.45) is 5.92 Å². The van der Waals surface area contributed by atoms with Gasteiger partial charge in [0.1, 0.15) is 17.2 Å². The third-order valence-electron chi connectivity index (χ3n) is 7.19. The van der Waals surface area contributed by atoms with Crippen LogP contribution in [0.1, 0.15) is 40.4 Å². The van der Waals surface area contributed by atoms with Gasteiger partial charge in [-0.3, -0.25) is 4.98 Å². The van der Waals surface area contributed by atoms with E-state index in [-0.39, 0.29) is 5.56 Å². The lowest BCUT2D eigenvalue weighted by atomic mass is 9.95. The smallest absolute Gasteiger partial charge is 0.335 e. The van der Waals surface area contributed by atoms with E-state index in [1.54, 1.807) is 18.5 Å². The van der Waals surface area contributed by atoms with Gasteiger partial charge in [0.05, 0.1) is 22.7 Å². The SMILES string of the molecule is COc1cc(C(=O)O)cc(-c2ccc(N3CC(/C=C/c4c(-c5c(Cl)cncc5Cl)noc4C4CC4)C3)cc2)c1. The molecule has 198 valence electrons. The summed E-state index contributed by atoms with van der Waals surface area (Å²) < 4.78 is 11.0. The standard InChI is InChI=1S/C30H25Cl2N3O4/c1-38-23-11-20(10-21(12-23)30(36)37)18-5-7-22(8-6-18)35-15-17(16-35)2-9-24-28(34-39-29(24)19-3-4-19)27-25(31)13-33-14-26(27)32/h2,5-14,17,19H,3-4,15-16H2,1H3,(H,36,37)/b9-2+. The molecule has 2 fully saturated rings. The predicted molar refractivity (Wildman–Crippen MR) is 152 cm³/mol. The van der Waals surface area contributed by atoms with E-state index in [0.29, 0.717) is 38.9 Å². The summed E-state index contributed by atoms with van der Waals surface area (Å²) in [5, 5.41) is 14.6. The number of methoxy groups -OCH3 is 1. The van der Waals surface area contributed by atoms with E-state index in [4.69, 9.17) is 32.5 Å². The van der Waals surface area contributed by atoms with Crippen LogP contribution in [0.25, 0.3) is 28.5 Å². The van der Waals surface area contributed by atoms with E-state index >= 15 is 0 Å². The Kier molecular flexibility index (Phi) is 6.79. The van der Waals surface area contributed by atoms with Crippen LogP contribution < -0.4 is 9.64 Å². The van der Waals surface area contributed by atoms with Crippen LogP contribution in [-0.4, -0.2) is 41.4 Å². The summed E-state index contributed by atoms with van der Waals surface area (Å²) in [6.07, 6.45) is 9.62. The fourth-order valence-electron chi connectivity index (χ4n) is 4.88. The van der Waals surface area contributed by atoms with Gasteiger partial charge < -0.3 is 19.3 Å². The van der Waals surface area contributed by atoms with Gasteiger partial charge in [0.25, 0.3) is 0 Å². The number of rotatable bonds is 8. The lowest BCUT2D eigenvalue weighted by Gasteiger charge is -2.39. The van der Waals surface area contributed by atoms with Crippen LogP contribution >= 0.6 is 23.2 Å². The normalized spacial score (nSPS) is 15.5. The van der Waals surface area contributed by atoms with Crippen LogP contribution in [0.4, 0.5) is 5.69 Å². The molecule has 0 atom stereocenters. The number of nitrogens with zero attached hydrogens (tertiary/aromatic N) is 3. The highest BCUT2D eigenvalue weighted by molar-refractivity contribution is 6.39. The zero-order valence-electron chi connectivity index (χ0n) is 21.1. The molecule has 1 aliphatic heterocycles. The van der Waals surface area contributed by atoms with E-state index in [9.17, 15) is 9.90 Å². The summed E-state index contributed by atoms with van der Waals surface area (Å²) in [5.74, 6) is 1.18. The Bertz CT molecular complexity index is 1550. The third kappa shape index (κ3) is 5.12. The molecule has 2 aromatic carbocycles. The highest BCUT2D eigenvalue weighted by atomic mass is 35.5. The summed E-state index contributed by atoms with van der Waals surface area (Å²) in [6, 6.07) is 13.2. The molecule has 0 bridgehead atoms. The highest BCUT2D eigenvalue weighted by Crippen LogP contribution is 2.46. The van der Waals surface area contributed by atoms with Crippen molar-refractivity contribution in [2.75, 3.05) is 25.1 Å². The average Bonchev–Trinajstić information content (AvgIpc) is 3.68. The summed E-state index contributed by atoms with van der Waals surface area (Å²) >= 11 is 12.8. The summed E-state index contributed by atoms with van der Waals surface area (Å²) in [5.41, 5.74) is 5.27. The molecule has 1 aliphatic carbocycles. The average molecular weight is 562 g/mol. The second-order valence-corrected chi connectivity index (χ2v) is 10.7. The largest absolute Gasteiger partial charge is 0.497 e. The van der Waals surface area contributed by atoms with E-state index < -0.39 is 5.97 Å². The molecule has 9 heteroatoms. The topological polar surface area (TPSA) is 88.7 Å². The monoisotopic (exact) mass is 561 g/mol. The van der Waals surface area contributed by atoms with Crippen molar-refractivity contribution in [1.29, 1.82) is 0 Å². The fourth-order valence-corrected chi connectivity index (χ4v) is 5.42. The lowest BCUT2D eigenvalue weighted by molar-refractivity contribution is 0.0696. The van der Waals surface area contributed by atoms with Crippen molar-refractivity contribution in [3.05, 3.63) is 87.9 Å². The first-order chi connectivity index (χ1) is 18.9. The molecular formula is C30H25Cl2N3O4. The number of anilines is 1.